The summed E-state index contributed by atoms with van der Waals surface area (Å²) in [5.41, 5.74) is 0. The van der Waals surface area contributed by atoms with Crippen molar-refractivity contribution in [1.82, 2.24) is 19.7 Å². The summed E-state index contributed by atoms with van der Waals surface area (Å²) in [6.07, 6.45) is 5.19. The Balaban J connectivity index is 2.00. The lowest BCUT2D eigenvalue weighted by Gasteiger charge is -2.13. The molecule has 2 heterocycles. The largest absolute Gasteiger partial charge is 0.490 e. The smallest absolute Gasteiger partial charge is 0.204 e. The quantitative estimate of drug-likeness (QED) is 0.781. The highest BCUT2D eigenvalue weighted by atomic mass is 16.5. The van der Waals surface area contributed by atoms with E-state index in [2.05, 4.69) is 25.7 Å². The van der Waals surface area contributed by atoms with Crippen LogP contribution in [0.5, 0.6) is 5.75 Å². The van der Waals surface area contributed by atoms with Crippen LogP contribution in [-0.4, -0.2) is 39.9 Å². The zero-order valence-corrected chi connectivity index (χ0v) is 11.1. The van der Waals surface area contributed by atoms with Crippen molar-refractivity contribution >= 4 is 11.6 Å². The molecule has 0 unspecified atom stereocenters. The standard InChI is InChI=1S/C12H18N6O/c1-3-13-11-10(19-2)12(16-9-15-11)14-6-8-18-7-4-5-17-18/h4-5,7,9H,3,6,8H2,1-2H3,(H2,13,14,15,16). The molecule has 0 bridgehead atoms. The molecule has 19 heavy (non-hydrogen) atoms. The number of aromatic nitrogens is 4. The van der Waals surface area contributed by atoms with Gasteiger partial charge in [0.05, 0.1) is 13.7 Å². The van der Waals surface area contributed by atoms with Gasteiger partial charge in [-0.1, -0.05) is 0 Å². The van der Waals surface area contributed by atoms with Crippen LogP contribution >= 0.6 is 0 Å². The van der Waals surface area contributed by atoms with Crippen LogP contribution in [0.25, 0.3) is 0 Å². The van der Waals surface area contributed by atoms with E-state index < -0.39 is 0 Å². The van der Waals surface area contributed by atoms with Crippen molar-refractivity contribution in [2.45, 2.75) is 13.5 Å². The Bertz CT molecular complexity index is 499. The number of ether oxygens (including phenoxy) is 1. The van der Waals surface area contributed by atoms with Crippen LogP contribution in [0.1, 0.15) is 6.92 Å². The van der Waals surface area contributed by atoms with Gasteiger partial charge in [0.2, 0.25) is 5.75 Å². The van der Waals surface area contributed by atoms with Crippen molar-refractivity contribution < 1.29 is 4.74 Å². The fourth-order valence-electron chi connectivity index (χ4n) is 1.71. The molecular weight excluding hydrogens is 244 g/mol. The molecule has 0 amide bonds. The van der Waals surface area contributed by atoms with E-state index in [4.69, 9.17) is 4.74 Å². The van der Waals surface area contributed by atoms with Gasteiger partial charge in [-0.05, 0) is 13.0 Å². The number of methoxy groups -OCH3 is 1. The third-order valence-corrected chi connectivity index (χ3v) is 2.54. The zero-order valence-electron chi connectivity index (χ0n) is 11.1. The number of nitrogens with zero attached hydrogens (tertiary/aromatic N) is 4. The van der Waals surface area contributed by atoms with E-state index in [-0.39, 0.29) is 0 Å². The van der Waals surface area contributed by atoms with Gasteiger partial charge in [-0.15, -0.1) is 0 Å². The lowest BCUT2D eigenvalue weighted by Crippen LogP contribution is -2.13. The Morgan fingerprint density at radius 1 is 1.26 bits per heavy atom. The minimum Gasteiger partial charge on any atom is -0.490 e. The fraction of sp³-hybridized carbons (Fsp3) is 0.417. The molecule has 7 nitrogen and oxygen atoms in total. The van der Waals surface area contributed by atoms with Crippen molar-refractivity contribution in [3.05, 3.63) is 24.8 Å². The first-order valence-corrected chi connectivity index (χ1v) is 6.19. The molecule has 2 aromatic heterocycles. The molecular formula is C12H18N6O. The maximum absolute atomic E-state index is 5.34. The first kappa shape index (κ1) is 13.1. The lowest BCUT2D eigenvalue weighted by molar-refractivity contribution is 0.414. The molecule has 0 aliphatic carbocycles. The zero-order chi connectivity index (χ0) is 13.5. The third kappa shape index (κ3) is 3.34. The van der Waals surface area contributed by atoms with E-state index in [9.17, 15) is 0 Å². The Morgan fingerprint density at radius 3 is 2.68 bits per heavy atom. The molecule has 0 spiro atoms. The summed E-state index contributed by atoms with van der Waals surface area (Å²) in [6, 6.07) is 1.90. The number of hydrogen-bond donors (Lipinski definition) is 2. The number of hydrogen-bond acceptors (Lipinski definition) is 6. The van der Waals surface area contributed by atoms with Gasteiger partial charge < -0.3 is 15.4 Å². The predicted octanol–water partition coefficient (Wildman–Crippen LogP) is 1.23. The van der Waals surface area contributed by atoms with E-state index in [1.54, 1.807) is 13.3 Å². The van der Waals surface area contributed by atoms with Gasteiger partial charge in [0, 0.05) is 25.5 Å². The van der Waals surface area contributed by atoms with Crippen molar-refractivity contribution in [3.63, 3.8) is 0 Å². The summed E-state index contributed by atoms with van der Waals surface area (Å²) in [5, 5.41) is 10.5. The van der Waals surface area contributed by atoms with E-state index in [1.165, 1.54) is 6.33 Å². The maximum atomic E-state index is 5.34. The summed E-state index contributed by atoms with van der Waals surface area (Å²) in [7, 11) is 1.61. The molecule has 0 saturated heterocycles. The maximum Gasteiger partial charge on any atom is 0.204 e. The lowest BCUT2D eigenvalue weighted by atomic mass is 10.4. The van der Waals surface area contributed by atoms with Gasteiger partial charge in [0.25, 0.3) is 0 Å². The topological polar surface area (TPSA) is 76.9 Å². The second-order valence-electron chi connectivity index (χ2n) is 3.83. The van der Waals surface area contributed by atoms with E-state index in [0.717, 1.165) is 13.1 Å². The minimum absolute atomic E-state index is 0.629. The SMILES string of the molecule is CCNc1ncnc(NCCn2cccn2)c1OC. The Hall–Kier alpha value is -2.31. The van der Waals surface area contributed by atoms with Gasteiger partial charge in [-0.2, -0.15) is 5.10 Å². The van der Waals surface area contributed by atoms with Gasteiger partial charge in [0.1, 0.15) is 6.33 Å². The molecule has 0 fully saturated rings. The molecule has 0 aromatic carbocycles. The average Bonchev–Trinajstić information content (AvgIpc) is 2.93. The van der Waals surface area contributed by atoms with Gasteiger partial charge in [-0.3, -0.25) is 4.68 Å². The third-order valence-electron chi connectivity index (χ3n) is 2.54. The summed E-state index contributed by atoms with van der Waals surface area (Å²) < 4.78 is 7.20. The highest BCUT2D eigenvalue weighted by Gasteiger charge is 2.10. The molecule has 2 N–H and O–H groups in total. The Morgan fingerprint density at radius 2 is 2.05 bits per heavy atom. The number of nitrogens with one attached hydrogen (secondary N) is 2. The Kier molecular flexibility index (Phi) is 4.54. The second kappa shape index (κ2) is 6.58. The summed E-state index contributed by atoms with van der Waals surface area (Å²) >= 11 is 0. The first-order valence-electron chi connectivity index (χ1n) is 6.19. The van der Waals surface area contributed by atoms with Crippen LogP contribution in [0.4, 0.5) is 11.6 Å². The van der Waals surface area contributed by atoms with E-state index >= 15 is 0 Å². The van der Waals surface area contributed by atoms with Crippen LogP contribution in [0.3, 0.4) is 0 Å². The van der Waals surface area contributed by atoms with Crippen molar-refractivity contribution in [3.8, 4) is 5.75 Å². The van der Waals surface area contributed by atoms with Gasteiger partial charge in [-0.25, -0.2) is 9.97 Å². The number of anilines is 2. The van der Waals surface area contributed by atoms with Crippen LogP contribution < -0.4 is 15.4 Å². The molecule has 0 aliphatic heterocycles. The summed E-state index contributed by atoms with van der Waals surface area (Å²) in [4.78, 5) is 8.35. The normalized spacial score (nSPS) is 10.2. The van der Waals surface area contributed by atoms with E-state index in [0.29, 0.717) is 23.9 Å². The molecule has 0 aliphatic rings. The summed E-state index contributed by atoms with van der Waals surface area (Å²) in [5.74, 6) is 2.01. The first-order chi connectivity index (χ1) is 9.35. The van der Waals surface area contributed by atoms with Crippen LogP contribution in [-0.2, 0) is 6.54 Å². The highest BCUT2D eigenvalue weighted by molar-refractivity contribution is 5.63. The monoisotopic (exact) mass is 262 g/mol. The predicted molar refractivity (Wildman–Crippen MR) is 73.5 cm³/mol. The van der Waals surface area contributed by atoms with Crippen molar-refractivity contribution in [1.29, 1.82) is 0 Å². The van der Waals surface area contributed by atoms with Crippen LogP contribution in [0, 0.1) is 0 Å². The minimum atomic E-state index is 0.629. The van der Waals surface area contributed by atoms with Crippen molar-refractivity contribution in [2.75, 3.05) is 30.8 Å². The molecule has 0 radical (unpaired) electrons. The highest BCUT2D eigenvalue weighted by Crippen LogP contribution is 2.28. The molecule has 7 heteroatoms. The summed E-state index contributed by atoms with van der Waals surface area (Å²) in [6.45, 7) is 4.25. The molecule has 2 rings (SSSR count). The molecule has 0 atom stereocenters. The second-order valence-corrected chi connectivity index (χ2v) is 3.83. The van der Waals surface area contributed by atoms with Crippen LogP contribution in [0.15, 0.2) is 24.8 Å². The van der Waals surface area contributed by atoms with Crippen molar-refractivity contribution in [2.24, 2.45) is 0 Å². The van der Waals surface area contributed by atoms with E-state index in [1.807, 2.05) is 23.9 Å². The van der Waals surface area contributed by atoms with Crippen LogP contribution in [0.2, 0.25) is 0 Å². The fourth-order valence-corrected chi connectivity index (χ4v) is 1.71. The number of rotatable bonds is 7. The molecule has 102 valence electrons. The Labute approximate surface area is 112 Å². The average molecular weight is 262 g/mol. The van der Waals surface area contributed by atoms with Gasteiger partial charge in [0.15, 0.2) is 11.6 Å². The van der Waals surface area contributed by atoms with Gasteiger partial charge >= 0.3 is 0 Å². The molecule has 0 saturated carbocycles. The molecule has 2 aromatic rings.